The molecule has 32 heavy (non-hydrogen) atoms. The number of aliphatic hydroxyl groups is 1. The lowest BCUT2D eigenvalue weighted by atomic mass is 10.0. The van der Waals surface area contributed by atoms with E-state index < -0.39 is 11.9 Å². The van der Waals surface area contributed by atoms with E-state index in [1.807, 2.05) is 0 Å². The molecule has 0 spiro atoms. The quantitative estimate of drug-likeness (QED) is 0.520. The zero-order chi connectivity index (χ0) is 22.7. The lowest BCUT2D eigenvalue weighted by Gasteiger charge is -2.33. The van der Waals surface area contributed by atoms with Gasteiger partial charge in [-0.3, -0.25) is 4.79 Å². The Kier molecular flexibility index (Phi) is 7.20. The standard InChI is InChI=1S/C23H23Cl2FN2O4/c24-15-1-4-21-14(9-15)10-22(32-21)23(30)27-16-5-7-28(8-6-16)12-17(29)13-31-18-2-3-19(25)20(26)11-18/h1-4,9-11,16-17,29H,5-8,12-13H2,(H,27,30)/t17-/m1/s1. The number of nitrogens with one attached hydrogen (secondary N) is 1. The first-order chi connectivity index (χ1) is 15.4. The van der Waals surface area contributed by atoms with Gasteiger partial charge < -0.3 is 24.5 Å². The third kappa shape index (κ3) is 5.72. The van der Waals surface area contributed by atoms with E-state index in [0.717, 1.165) is 31.3 Å². The van der Waals surface area contributed by atoms with Crippen LogP contribution in [0.2, 0.25) is 10.0 Å². The number of nitrogens with zero attached hydrogens (tertiary/aromatic N) is 1. The highest BCUT2D eigenvalue weighted by atomic mass is 35.5. The Balaban J connectivity index is 1.21. The highest BCUT2D eigenvalue weighted by Crippen LogP contribution is 2.24. The van der Waals surface area contributed by atoms with Gasteiger partial charge in [-0.25, -0.2) is 4.39 Å². The largest absolute Gasteiger partial charge is 0.491 e. The smallest absolute Gasteiger partial charge is 0.287 e. The number of β-amino-alcohol motifs (C(OH)–C–C–N with tert-alkyl or cyclic N) is 1. The van der Waals surface area contributed by atoms with Crippen LogP contribution in [0.25, 0.3) is 11.0 Å². The third-order valence-electron chi connectivity index (χ3n) is 5.43. The fourth-order valence-electron chi connectivity index (χ4n) is 3.75. The number of hydrogen-bond acceptors (Lipinski definition) is 5. The van der Waals surface area contributed by atoms with Crippen LogP contribution in [0.5, 0.6) is 5.75 Å². The lowest BCUT2D eigenvalue weighted by molar-refractivity contribution is 0.0565. The number of carbonyl (C=O) groups is 1. The number of likely N-dealkylation sites (tertiary alicyclic amines) is 1. The van der Waals surface area contributed by atoms with E-state index in [-0.39, 0.29) is 29.3 Å². The van der Waals surface area contributed by atoms with E-state index in [0.29, 0.717) is 22.9 Å². The average molecular weight is 481 g/mol. The summed E-state index contributed by atoms with van der Waals surface area (Å²) in [6, 6.07) is 11.1. The van der Waals surface area contributed by atoms with Crippen molar-refractivity contribution < 1.29 is 23.4 Å². The van der Waals surface area contributed by atoms with Gasteiger partial charge in [-0.1, -0.05) is 23.2 Å². The summed E-state index contributed by atoms with van der Waals surface area (Å²) in [5.41, 5.74) is 0.618. The minimum Gasteiger partial charge on any atom is -0.491 e. The van der Waals surface area contributed by atoms with Crippen molar-refractivity contribution in [1.82, 2.24) is 10.2 Å². The maximum absolute atomic E-state index is 13.5. The number of carbonyl (C=O) groups excluding carboxylic acids is 1. The van der Waals surface area contributed by atoms with E-state index in [9.17, 15) is 14.3 Å². The number of fused-ring (bicyclic) bond motifs is 1. The summed E-state index contributed by atoms with van der Waals surface area (Å²) >= 11 is 11.6. The van der Waals surface area contributed by atoms with E-state index in [1.54, 1.807) is 30.3 Å². The van der Waals surface area contributed by atoms with E-state index in [2.05, 4.69) is 10.2 Å². The van der Waals surface area contributed by atoms with Crippen LogP contribution in [0.15, 0.2) is 46.9 Å². The van der Waals surface area contributed by atoms with E-state index >= 15 is 0 Å². The Morgan fingerprint density at radius 3 is 2.75 bits per heavy atom. The molecule has 4 rings (SSSR count). The molecule has 3 aromatic rings. The number of piperidine rings is 1. The van der Waals surface area contributed by atoms with Crippen molar-refractivity contribution in [2.24, 2.45) is 0 Å². The molecule has 9 heteroatoms. The number of halogens is 3. The van der Waals surface area contributed by atoms with Crippen molar-refractivity contribution in [3.63, 3.8) is 0 Å². The van der Waals surface area contributed by atoms with Gasteiger partial charge in [-0.2, -0.15) is 0 Å². The van der Waals surface area contributed by atoms with Crippen molar-refractivity contribution in [3.8, 4) is 5.75 Å². The number of ether oxygens (including phenoxy) is 1. The second kappa shape index (κ2) is 10.1. The van der Waals surface area contributed by atoms with Gasteiger partial charge in [0.1, 0.15) is 29.9 Å². The fourth-order valence-corrected chi connectivity index (χ4v) is 4.05. The first-order valence-electron chi connectivity index (χ1n) is 10.4. The average Bonchev–Trinajstić information content (AvgIpc) is 3.19. The molecule has 0 radical (unpaired) electrons. The van der Waals surface area contributed by atoms with Gasteiger partial charge in [0.15, 0.2) is 5.76 Å². The highest BCUT2D eigenvalue weighted by Gasteiger charge is 2.24. The zero-order valence-corrected chi connectivity index (χ0v) is 18.7. The molecule has 6 nitrogen and oxygen atoms in total. The second-order valence-corrected chi connectivity index (χ2v) is 8.73. The molecule has 1 aliphatic heterocycles. The first-order valence-corrected chi connectivity index (χ1v) is 11.1. The minimum absolute atomic E-state index is 0.0255. The molecule has 1 fully saturated rings. The Labute approximate surface area is 194 Å². The Hall–Kier alpha value is -2.32. The first kappa shape index (κ1) is 22.9. The van der Waals surface area contributed by atoms with Crippen LogP contribution in [-0.4, -0.2) is 54.3 Å². The van der Waals surface area contributed by atoms with Crippen LogP contribution in [0.1, 0.15) is 23.4 Å². The highest BCUT2D eigenvalue weighted by molar-refractivity contribution is 6.31. The molecule has 170 valence electrons. The minimum atomic E-state index is -0.720. The van der Waals surface area contributed by atoms with Crippen molar-refractivity contribution >= 4 is 40.1 Å². The number of amides is 1. The molecule has 1 atom stereocenters. The van der Waals surface area contributed by atoms with Gasteiger partial charge in [0, 0.05) is 42.2 Å². The van der Waals surface area contributed by atoms with Crippen LogP contribution < -0.4 is 10.1 Å². The van der Waals surface area contributed by atoms with Gasteiger partial charge in [0.25, 0.3) is 5.91 Å². The molecule has 1 saturated heterocycles. The Morgan fingerprint density at radius 1 is 1.22 bits per heavy atom. The molecule has 1 amide bonds. The lowest BCUT2D eigenvalue weighted by Crippen LogP contribution is -2.47. The number of furan rings is 1. The molecular formula is C23H23Cl2FN2O4. The Bertz CT molecular complexity index is 1100. The summed E-state index contributed by atoms with van der Waals surface area (Å²) in [5, 5.41) is 14.7. The molecular weight excluding hydrogens is 458 g/mol. The summed E-state index contributed by atoms with van der Waals surface area (Å²) in [5.74, 6) is -0.232. The van der Waals surface area contributed by atoms with Gasteiger partial charge in [-0.15, -0.1) is 0 Å². The van der Waals surface area contributed by atoms with Crippen LogP contribution >= 0.6 is 23.2 Å². The predicted molar refractivity (Wildman–Crippen MR) is 121 cm³/mol. The number of aliphatic hydroxyl groups excluding tert-OH is 1. The van der Waals surface area contributed by atoms with Crippen molar-refractivity contribution in [1.29, 1.82) is 0 Å². The van der Waals surface area contributed by atoms with Crippen LogP contribution in [-0.2, 0) is 0 Å². The number of rotatable bonds is 7. The van der Waals surface area contributed by atoms with E-state index in [1.165, 1.54) is 12.1 Å². The normalized spacial score (nSPS) is 16.2. The number of hydrogen-bond donors (Lipinski definition) is 2. The maximum Gasteiger partial charge on any atom is 0.287 e. The predicted octanol–water partition coefficient (Wildman–Crippen LogP) is 4.51. The van der Waals surface area contributed by atoms with E-state index in [4.69, 9.17) is 32.4 Å². The molecule has 2 N–H and O–H groups in total. The van der Waals surface area contributed by atoms with Crippen LogP contribution in [0, 0.1) is 5.82 Å². The van der Waals surface area contributed by atoms with Gasteiger partial charge >= 0.3 is 0 Å². The summed E-state index contributed by atoms with van der Waals surface area (Å²) < 4.78 is 24.5. The summed E-state index contributed by atoms with van der Waals surface area (Å²) in [7, 11) is 0. The van der Waals surface area contributed by atoms with Crippen LogP contribution in [0.4, 0.5) is 4.39 Å². The molecule has 0 aliphatic carbocycles. The van der Waals surface area contributed by atoms with Crippen molar-refractivity contribution in [2.45, 2.75) is 25.0 Å². The molecule has 1 aromatic heterocycles. The fraction of sp³-hybridized carbons (Fsp3) is 0.348. The monoisotopic (exact) mass is 480 g/mol. The molecule has 1 aliphatic rings. The maximum atomic E-state index is 13.5. The Morgan fingerprint density at radius 2 is 2.00 bits per heavy atom. The second-order valence-electron chi connectivity index (χ2n) is 7.88. The van der Waals surface area contributed by atoms with Gasteiger partial charge in [-0.05, 0) is 49.2 Å². The molecule has 0 unspecified atom stereocenters. The van der Waals surface area contributed by atoms with Gasteiger partial charge in [0.2, 0.25) is 0 Å². The zero-order valence-electron chi connectivity index (χ0n) is 17.2. The topological polar surface area (TPSA) is 74.9 Å². The van der Waals surface area contributed by atoms with Crippen molar-refractivity contribution in [2.75, 3.05) is 26.2 Å². The number of benzene rings is 2. The van der Waals surface area contributed by atoms with Crippen LogP contribution in [0.3, 0.4) is 0 Å². The molecule has 0 saturated carbocycles. The molecule has 2 heterocycles. The third-order valence-corrected chi connectivity index (χ3v) is 5.97. The molecule has 2 aromatic carbocycles. The summed E-state index contributed by atoms with van der Waals surface area (Å²) in [6.45, 7) is 1.94. The molecule has 0 bridgehead atoms. The summed E-state index contributed by atoms with van der Waals surface area (Å²) in [4.78, 5) is 14.7. The van der Waals surface area contributed by atoms with Crippen molar-refractivity contribution in [3.05, 3.63) is 64.1 Å². The SMILES string of the molecule is O=C(NC1CCN(C[C@@H](O)COc2ccc(Cl)c(F)c2)CC1)c1cc2cc(Cl)ccc2o1. The van der Waals surface area contributed by atoms with Gasteiger partial charge in [0.05, 0.1) is 5.02 Å². The summed E-state index contributed by atoms with van der Waals surface area (Å²) in [6.07, 6.45) is 0.795.